The van der Waals surface area contributed by atoms with Crippen molar-refractivity contribution in [1.82, 2.24) is 4.90 Å². The lowest BCUT2D eigenvalue weighted by Gasteiger charge is -2.44. The molecule has 2 fully saturated rings. The van der Waals surface area contributed by atoms with E-state index in [9.17, 15) is 0 Å². The first kappa shape index (κ1) is 13.3. The van der Waals surface area contributed by atoms with Crippen molar-refractivity contribution in [2.75, 3.05) is 26.2 Å². The molecule has 1 saturated heterocycles. The maximum absolute atomic E-state index is 5.91. The van der Waals surface area contributed by atoms with Crippen LogP contribution in [-0.2, 0) is 4.74 Å². The Morgan fingerprint density at radius 3 is 3.00 bits per heavy atom. The van der Waals surface area contributed by atoms with Crippen LogP contribution in [0.5, 0.6) is 0 Å². The van der Waals surface area contributed by atoms with Crippen LogP contribution in [0.3, 0.4) is 0 Å². The van der Waals surface area contributed by atoms with Gasteiger partial charge in [-0.1, -0.05) is 19.8 Å². The second-order valence-corrected chi connectivity index (χ2v) is 5.79. The Morgan fingerprint density at radius 2 is 2.18 bits per heavy atom. The molecule has 3 atom stereocenters. The molecular formula is C14H28N2O. The summed E-state index contributed by atoms with van der Waals surface area (Å²) in [5.74, 6) is 0.777. The molecule has 1 aliphatic carbocycles. The van der Waals surface area contributed by atoms with Gasteiger partial charge in [0.15, 0.2) is 0 Å². The summed E-state index contributed by atoms with van der Waals surface area (Å²) < 4.78 is 5.91. The largest absolute Gasteiger partial charge is 0.375 e. The maximum atomic E-state index is 5.91. The summed E-state index contributed by atoms with van der Waals surface area (Å²) in [5, 5.41) is 0. The van der Waals surface area contributed by atoms with Crippen LogP contribution in [-0.4, -0.2) is 43.3 Å². The summed E-state index contributed by atoms with van der Waals surface area (Å²) >= 11 is 0. The Kier molecular flexibility index (Phi) is 5.26. The van der Waals surface area contributed by atoms with Crippen molar-refractivity contribution in [2.24, 2.45) is 11.7 Å². The van der Waals surface area contributed by atoms with Crippen molar-refractivity contribution < 1.29 is 4.74 Å². The molecule has 0 amide bonds. The monoisotopic (exact) mass is 240 g/mol. The van der Waals surface area contributed by atoms with Crippen LogP contribution in [0, 0.1) is 5.92 Å². The molecule has 17 heavy (non-hydrogen) atoms. The van der Waals surface area contributed by atoms with E-state index in [1.165, 1.54) is 45.1 Å². The molecule has 0 aromatic heterocycles. The number of hydrogen-bond acceptors (Lipinski definition) is 3. The van der Waals surface area contributed by atoms with Gasteiger partial charge >= 0.3 is 0 Å². The average molecular weight is 240 g/mol. The summed E-state index contributed by atoms with van der Waals surface area (Å²) in [6.07, 6.45) is 8.33. The van der Waals surface area contributed by atoms with Gasteiger partial charge < -0.3 is 10.5 Å². The molecule has 100 valence electrons. The van der Waals surface area contributed by atoms with Gasteiger partial charge in [0.25, 0.3) is 0 Å². The molecule has 0 bridgehead atoms. The Morgan fingerprint density at radius 1 is 1.35 bits per heavy atom. The minimum Gasteiger partial charge on any atom is -0.375 e. The standard InChI is InChI=1S/C14H28N2O/c1-12(5-4-8-15)11-16-9-10-17-14-7-3-2-6-13(14)16/h12-14H,2-11,15H2,1H3. The second-order valence-electron chi connectivity index (χ2n) is 5.79. The average Bonchev–Trinajstić information content (AvgIpc) is 2.37. The zero-order valence-electron chi connectivity index (χ0n) is 11.2. The number of hydrogen-bond donors (Lipinski definition) is 1. The Bertz CT molecular complexity index is 220. The fraction of sp³-hybridized carbons (Fsp3) is 1.00. The number of rotatable bonds is 5. The summed E-state index contributed by atoms with van der Waals surface area (Å²) in [5.41, 5.74) is 5.58. The highest BCUT2D eigenvalue weighted by atomic mass is 16.5. The van der Waals surface area contributed by atoms with Crippen molar-refractivity contribution in [2.45, 2.75) is 57.6 Å². The predicted octanol–water partition coefficient (Wildman–Crippen LogP) is 2.00. The van der Waals surface area contributed by atoms with E-state index in [1.54, 1.807) is 0 Å². The van der Waals surface area contributed by atoms with Crippen LogP contribution in [0.25, 0.3) is 0 Å². The number of fused-ring (bicyclic) bond motifs is 1. The molecule has 0 aromatic rings. The third-order valence-corrected chi connectivity index (χ3v) is 4.29. The SMILES string of the molecule is CC(CCCN)CN1CCOC2CCCCC21. The van der Waals surface area contributed by atoms with E-state index in [0.29, 0.717) is 12.1 Å². The van der Waals surface area contributed by atoms with Crippen molar-refractivity contribution in [3.05, 3.63) is 0 Å². The van der Waals surface area contributed by atoms with Gasteiger partial charge in [0, 0.05) is 19.1 Å². The fourth-order valence-corrected chi connectivity index (χ4v) is 3.36. The minimum atomic E-state index is 0.527. The molecule has 1 heterocycles. The lowest BCUT2D eigenvalue weighted by Crippen LogP contribution is -2.53. The number of ether oxygens (including phenoxy) is 1. The van der Waals surface area contributed by atoms with Crippen molar-refractivity contribution in [3.8, 4) is 0 Å². The fourth-order valence-electron chi connectivity index (χ4n) is 3.36. The molecule has 3 heteroatoms. The van der Waals surface area contributed by atoms with Crippen LogP contribution >= 0.6 is 0 Å². The molecule has 2 rings (SSSR count). The topological polar surface area (TPSA) is 38.5 Å². The van der Waals surface area contributed by atoms with Gasteiger partial charge in [-0.25, -0.2) is 0 Å². The first-order valence-corrected chi connectivity index (χ1v) is 7.37. The molecule has 0 spiro atoms. The highest BCUT2D eigenvalue weighted by molar-refractivity contribution is 4.87. The van der Waals surface area contributed by atoms with Gasteiger partial charge in [-0.2, -0.15) is 0 Å². The van der Waals surface area contributed by atoms with Gasteiger partial charge in [0.1, 0.15) is 0 Å². The third kappa shape index (κ3) is 3.67. The summed E-state index contributed by atoms with van der Waals surface area (Å²) in [7, 11) is 0. The third-order valence-electron chi connectivity index (χ3n) is 4.29. The van der Waals surface area contributed by atoms with E-state index in [0.717, 1.165) is 25.6 Å². The van der Waals surface area contributed by atoms with Crippen LogP contribution in [0.4, 0.5) is 0 Å². The number of nitrogens with two attached hydrogens (primary N) is 1. The van der Waals surface area contributed by atoms with Gasteiger partial charge in [-0.05, 0) is 38.1 Å². The lowest BCUT2D eigenvalue weighted by molar-refractivity contribution is -0.0916. The maximum Gasteiger partial charge on any atom is 0.0730 e. The summed E-state index contributed by atoms with van der Waals surface area (Å²) in [6.45, 7) is 6.51. The van der Waals surface area contributed by atoms with Crippen LogP contribution in [0.2, 0.25) is 0 Å². The second kappa shape index (κ2) is 6.72. The van der Waals surface area contributed by atoms with Crippen LogP contribution in [0.15, 0.2) is 0 Å². The normalized spacial score (nSPS) is 32.1. The van der Waals surface area contributed by atoms with Gasteiger partial charge in [0.05, 0.1) is 12.7 Å². The Balaban J connectivity index is 1.81. The molecule has 2 aliphatic rings. The highest BCUT2D eigenvalue weighted by Gasteiger charge is 2.34. The molecule has 1 aliphatic heterocycles. The summed E-state index contributed by atoms with van der Waals surface area (Å²) in [6, 6.07) is 0.706. The van der Waals surface area contributed by atoms with Gasteiger partial charge in [0.2, 0.25) is 0 Å². The van der Waals surface area contributed by atoms with Crippen LogP contribution < -0.4 is 5.73 Å². The van der Waals surface area contributed by atoms with E-state index in [-0.39, 0.29) is 0 Å². The van der Waals surface area contributed by atoms with E-state index >= 15 is 0 Å². The smallest absolute Gasteiger partial charge is 0.0730 e. The Hall–Kier alpha value is -0.120. The quantitative estimate of drug-likeness (QED) is 0.799. The lowest BCUT2D eigenvalue weighted by atomic mass is 9.89. The number of morpholine rings is 1. The molecule has 2 N–H and O–H groups in total. The predicted molar refractivity (Wildman–Crippen MR) is 71.0 cm³/mol. The zero-order valence-corrected chi connectivity index (χ0v) is 11.2. The molecule has 1 saturated carbocycles. The van der Waals surface area contributed by atoms with Crippen LogP contribution in [0.1, 0.15) is 45.4 Å². The molecule has 0 radical (unpaired) electrons. The van der Waals surface area contributed by atoms with Gasteiger partial charge in [-0.15, -0.1) is 0 Å². The molecule has 3 nitrogen and oxygen atoms in total. The minimum absolute atomic E-state index is 0.527. The van der Waals surface area contributed by atoms with E-state index in [4.69, 9.17) is 10.5 Å². The molecule has 3 unspecified atom stereocenters. The highest BCUT2D eigenvalue weighted by Crippen LogP contribution is 2.29. The van der Waals surface area contributed by atoms with E-state index in [2.05, 4.69) is 11.8 Å². The zero-order chi connectivity index (χ0) is 12.1. The van der Waals surface area contributed by atoms with E-state index < -0.39 is 0 Å². The van der Waals surface area contributed by atoms with E-state index in [1.807, 2.05) is 0 Å². The first-order chi connectivity index (χ1) is 8.31. The Labute approximate surface area is 106 Å². The van der Waals surface area contributed by atoms with Crippen molar-refractivity contribution >= 4 is 0 Å². The number of nitrogens with zero attached hydrogens (tertiary/aromatic N) is 1. The first-order valence-electron chi connectivity index (χ1n) is 7.37. The molecular weight excluding hydrogens is 212 g/mol. The van der Waals surface area contributed by atoms with Gasteiger partial charge in [-0.3, -0.25) is 4.90 Å². The summed E-state index contributed by atoms with van der Waals surface area (Å²) in [4.78, 5) is 2.69. The van der Waals surface area contributed by atoms with Crippen molar-refractivity contribution in [3.63, 3.8) is 0 Å². The molecule has 0 aromatic carbocycles. The van der Waals surface area contributed by atoms with Crippen molar-refractivity contribution in [1.29, 1.82) is 0 Å².